The molecule has 2 rings (SSSR count). The molecule has 1 aromatic rings. The van der Waals surface area contributed by atoms with E-state index in [0.717, 1.165) is 19.6 Å². The molecule has 15 heavy (non-hydrogen) atoms. The molecule has 0 saturated carbocycles. The summed E-state index contributed by atoms with van der Waals surface area (Å²) in [5.74, 6) is 0. The topological polar surface area (TPSA) is 24.1 Å². The van der Waals surface area contributed by atoms with Crippen molar-refractivity contribution >= 4 is 0 Å². The first-order valence-corrected chi connectivity index (χ1v) is 5.70. The van der Waals surface area contributed by atoms with Gasteiger partial charge in [-0.3, -0.25) is 0 Å². The summed E-state index contributed by atoms with van der Waals surface area (Å²) in [6, 6.07) is 5.11. The molecule has 0 aliphatic carbocycles. The smallest absolute Gasteiger partial charge is 0.0449 e. The minimum atomic E-state index is 0.484. The van der Waals surface area contributed by atoms with Crippen LogP contribution >= 0.6 is 0 Å². The SMILES string of the molecule is Cc1cc(C)c(C2CNCCN2)cc1C. The lowest BCUT2D eigenvalue weighted by atomic mass is 9.95. The summed E-state index contributed by atoms with van der Waals surface area (Å²) in [5, 5.41) is 6.99. The van der Waals surface area contributed by atoms with E-state index < -0.39 is 0 Å². The van der Waals surface area contributed by atoms with E-state index in [1.807, 2.05) is 0 Å². The second-order valence-corrected chi connectivity index (χ2v) is 4.50. The molecule has 1 aliphatic rings. The zero-order chi connectivity index (χ0) is 10.8. The molecule has 1 aromatic carbocycles. The summed E-state index contributed by atoms with van der Waals surface area (Å²) in [6.45, 7) is 9.77. The van der Waals surface area contributed by atoms with Gasteiger partial charge in [0.05, 0.1) is 0 Å². The van der Waals surface area contributed by atoms with Gasteiger partial charge in [0.15, 0.2) is 0 Å². The standard InChI is InChI=1S/C13H20N2/c1-9-6-11(3)12(7-10(9)2)13-8-14-4-5-15-13/h6-7,13-15H,4-5,8H2,1-3H3. The van der Waals surface area contributed by atoms with Crippen molar-refractivity contribution in [2.24, 2.45) is 0 Å². The van der Waals surface area contributed by atoms with Crippen LogP contribution in [0.4, 0.5) is 0 Å². The fourth-order valence-corrected chi connectivity index (χ4v) is 2.23. The third-order valence-electron chi connectivity index (χ3n) is 3.30. The van der Waals surface area contributed by atoms with Crippen molar-refractivity contribution in [1.82, 2.24) is 10.6 Å². The molecule has 2 nitrogen and oxygen atoms in total. The fraction of sp³-hybridized carbons (Fsp3) is 0.538. The van der Waals surface area contributed by atoms with Crippen LogP contribution in [0.1, 0.15) is 28.3 Å². The molecule has 82 valence electrons. The monoisotopic (exact) mass is 204 g/mol. The molecule has 0 amide bonds. The number of nitrogens with one attached hydrogen (secondary N) is 2. The van der Waals surface area contributed by atoms with Crippen LogP contribution in [0.15, 0.2) is 12.1 Å². The molecular weight excluding hydrogens is 184 g/mol. The lowest BCUT2D eigenvalue weighted by Crippen LogP contribution is -2.42. The van der Waals surface area contributed by atoms with Crippen molar-refractivity contribution < 1.29 is 0 Å². The van der Waals surface area contributed by atoms with Crippen LogP contribution in [-0.2, 0) is 0 Å². The Morgan fingerprint density at radius 1 is 1.00 bits per heavy atom. The highest BCUT2D eigenvalue weighted by atomic mass is 15.1. The Kier molecular flexibility index (Phi) is 3.08. The van der Waals surface area contributed by atoms with Gasteiger partial charge in [-0.25, -0.2) is 0 Å². The van der Waals surface area contributed by atoms with Crippen molar-refractivity contribution in [3.63, 3.8) is 0 Å². The van der Waals surface area contributed by atoms with Crippen LogP contribution in [0, 0.1) is 20.8 Å². The molecule has 0 bridgehead atoms. The molecule has 0 spiro atoms. The number of aryl methyl sites for hydroxylation is 3. The van der Waals surface area contributed by atoms with Crippen LogP contribution in [-0.4, -0.2) is 19.6 Å². The van der Waals surface area contributed by atoms with Gasteiger partial charge in [0.25, 0.3) is 0 Å². The van der Waals surface area contributed by atoms with Gasteiger partial charge in [-0.15, -0.1) is 0 Å². The normalized spacial score (nSPS) is 21.7. The van der Waals surface area contributed by atoms with Crippen LogP contribution in [0.2, 0.25) is 0 Å². The minimum Gasteiger partial charge on any atom is -0.314 e. The highest BCUT2D eigenvalue weighted by molar-refractivity contribution is 5.38. The van der Waals surface area contributed by atoms with E-state index in [0.29, 0.717) is 6.04 Å². The lowest BCUT2D eigenvalue weighted by Gasteiger charge is -2.26. The summed E-state index contributed by atoms with van der Waals surface area (Å²) < 4.78 is 0. The first-order valence-electron chi connectivity index (χ1n) is 5.70. The Labute approximate surface area is 92.1 Å². The van der Waals surface area contributed by atoms with E-state index in [4.69, 9.17) is 0 Å². The quantitative estimate of drug-likeness (QED) is 0.729. The molecule has 2 heteroatoms. The summed E-state index contributed by atoms with van der Waals surface area (Å²) in [5.41, 5.74) is 5.63. The van der Waals surface area contributed by atoms with Gasteiger partial charge >= 0.3 is 0 Å². The average Bonchev–Trinajstić information content (AvgIpc) is 2.25. The van der Waals surface area contributed by atoms with Gasteiger partial charge in [-0.2, -0.15) is 0 Å². The predicted molar refractivity (Wildman–Crippen MR) is 64.3 cm³/mol. The summed E-state index contributed by atoms with van der Waals surface area (Å²) in [4.78, 5) is 0. The number of piperazine rings is 1. The van der Waals surface area contributed by atoms with E-state index in [9.17, 15) is 0 Å². The highest BCUT2D eigenvalue weighted by Gasteiger charge is 2.16. The minimum absolute atomic E-state index is 0.484. The Balaban J connectivity index is 2.30. The Morgan fingerprint density at radius 3 is 2.40 bits per heavy atom. The Hall–Kier alpha value is -0.860. The average molecular weight is 204 g/mol. The fourth-order valence-electron chi connectivity index (χ4n) is 2.23. The van der Waals surface area contributed by atoms with Crippen LogP contribution < -0.4 is 10.6 Å². The maximum Gasteiger partial charge on any atom is 0.0449 e. The first-order chi connectivity index (χ1) is 7.18. The molecule has 1 heterocycles. The predicted octanol–water partition coefficient (Wildman–Crippen LogP) is 1.85. The van der Waals surface area contributed by atoms with E-state index >= 15 is 0 Å². The van der Waals surface area contributed by atoms with Gasteiger partial charge in [0.2, 0.25) is 0 Å². The van der Waals surface area contributed by atoms with Crippen molar-refractivity contribution in [3.8, 4) is 0 Å². The lowest BCUT2D eigenvalue weighted by molar-refractivity contribution is 0.429. The van der Waals surface area contributed by atoms with E-state index in [-0.39, 0.29) is 0 Å². The maximum atomic E-state index is 3.56. The molecule has 1 fully saturated rings. The second kappa shape index (κ2) is 4.33. The number of rotatable bonds is 1. The van der Waals surface area contributed by atoms with Gasteiger partial charge < -0.3 is 10.6 Å². The van der Waals surface area contributed by atoms with Crippen LogP contribution in [0.5, 0.6) is 0 Å². The first kappa shape index (κ1) is 10.7. The Morgan fingerprint density at radius 2 is 1.73 bits per heavy atom. The van der Waals surface area contributed by atoms with Crippen molar-refractivity contribution in [2.45, 2.75) is 26.8 Å². The molecule has 1 saturated heterocycles. The highest BCUT2D eigenvalue weighted by Crippen LogP contribution is 2.22. The molecule has 1 atom stereocenters. The molecule has 0 aromatic heterocycles. The zero-order valence-electron chi connectivity index (χ0n) is 9.85. The molecule has 1 aliphatic heterocycles. The van der Waals surface area contributed by atoms with Gasteiger partial charge in [0.1, 0.15) is 0 Å². The number of hydrogen-bond donors (Lipinski definition) is 2. The molecular formula is C13H20N2. The summed E-state index contributed by atoms with van der Waals surface area (Å²) in [7, 11) is 0. The van der Waals surface area contributed by atoms with Gasteiger partial charge in [-0.1, -0.05) is 12.1 Å². The molecule has 0 radical (unpaired) electrons. The van der Waals surface area contributed by atoms with E-state index in [1.54, 1.807) is 0 Å². The second-order valence-electron chi connectivity index (χ2n) is 4.50. The van der Waals surface area contributed by atoms with Crippen LogP contribution in [0.25, 0.3) is 0 Å². The number of benzene rings is 1. The summed E-state index contributed by atoms with van der Waals surface area (Å²) >= 11 is 0. The maximum absolute atomic E-state index is 3.56. The van der Waals surface area contributed by atoms with Gasteiger partial charge in [-0.05, 0) is 43.0 Å². The molecule has 2 N–H and O–H groups in total. The van der Waals surface area contributed by atoms with Crippen molar-refractivity contribution in [1.29, 1.82) is 0 Å². The third kappa shape index (κ3) is 2.21. The zero-order valence-corrected chi connectivity index (χ0v) is 9.85. The Bertz CT molecular complexity index is 352. The van der Waals surface area contributed by atoms with Crippen molar-refractivity contribution in [3.05, 3.63) is 34.4 Å². The van der Waals surface area contributed by atoms with Crippen LogP contribution in [0.3, 0.4) is 0 Å². The largest absolute Gasteiger partial charge is 0.314 e. The molecule has 1 unspecified atom stereocenters. The van der Waals surface area contributed by atoms with Gasteiger partial charge in [0, 0.05) is 25.7 Å². The number of hydrogen-bond acceptors (Lipinski definition) is 2. The van der Waals surface area contributed by atoms with E-state index in [2.05, 4.69) is 43.5 Å². The van der Waals surface area contributed by atoms with E-state index in [1.165, 1.54) is 22.3 Å². The van der Waals surface area contributed by atoms with Crippen molar-refractivity contribution in [2.75, 3.05) is 19.6 Å². The third-order valence-corrected chi connectivity index (χ3v) is 3.30. The summed E-state index contributed by atoms with van der Waals surface area (Å²) in [6.07, 6.45) is 0.